The van der Waals surface area contributed by atoms with Gasteiger partial charge in [0.05, 0.1) is 6.04 Å². The van der Waals surface area contributed by atoms with Gasteiger partial charge in [-0.15, -0.1) is 0 Å². The molecular weight excluding hydrogens is 260 g/mol. The highest BCUT2D eigenvalue weighted by atomic mass is 16.1. The minimum Gasteiger partial charge on any atom is -0.378 e. The van der Waals surface area contributed by atoms with Gasteiger partial charge in [-0.2, -0.15) is 0 Å². The van der Waals surface area contributed by atoms with Gasteiger partial charge in [0, 0.05) is 18.3 Å². The van der Waals surface area contributed by atoms with Crippen LogP contribution in [0.25, 0.3) is 0 Å². The van der Waals surface area contributed by atoms with Crippen molar-refractivity contribution in [3.8, 4) is 0 Å². The second-order valence-electron chi connectivity index (χ2n) is 5.55. The van der Waals surface area contributed by atoms with Gasteiger partial charge < -0.3 is 10.6 Å². The van der Waals surface area contributed by atoms with Gasteiger partial charge in [-0.25, -0.2) is 0 Å². The molecule has 0 radical (unpaired) electrons. The number of aryl methyl sites for hydroxylation is 1. The van der Waals surface area contributed by atoms with E-state index in [1.54, 1.807) is 0 Å². The largest absolute Gasteiger partial charge is 0.378 e. The third-order valence-electron chi connectivity index (χ3n) is 3.92. The van der Waals surface area contributed by atoms with Gasteiger partial charge in [0.2, 0.25) is 5.91 Å². The van der Waals surface area contributed by atoms with E-state index in [0.717, 1.165) is 17.8 Å². The average Bonchev–Trinajstić information content (AvgIpc) is 2.49. The highest BCUT2D eigenvalue weighted by Gasteiger charge is 2.19. The second-order valence-corrected chi connectivity index (χ2v) is 5.55. The minimum atomic E-state index is -0.0445. The predicted octanol–water partition coefficient (Wildman–Crippen LogP) is 4.13. The summed E-state index contributed by atoms with van der Waals surface area (Å²) in [5.74, 6) is -0.0445. The fraction of sp³-hybridized carbons (Fsp3) is 0.278. The first kappa shape index (κ1) is 13.7. The van der Waals surface area contributed by atoms with E-state index >= 15 is 0 Å². The van der Waals surface area contributed by atoms with Crippen LogP contribution in [0.2, 0.25) is 0 Å². The number of fused-ring (bicyclic) bond motifs is 1. The first-order chi connectivity index (χ1) is 10.2. The summed E-state index contributed by atoms with van der Waals surface area (Å²) in [6, 6.07) is 16.9. The fourth-order valence-corrected chi connectivity index (χ4v) is 2.96. The Balaban J connectivity index is 1.74. The lowest BCUT2D eigenvalue weighted by molar-refractivity contribution is -0.114. The lowest BCUT2D eigenvalue weighted by Crippen LogP contribution is -2.17. The summed E-state index contributed by atoms with van der Waals surface area (Å²) >= 11 is 0. The zero-order chi connectivity index (χ0) is 14.7. The van der Waals surface area contributed by atoms with Crippen LogP contribution in [0.1, 0.15) is 36.9 Å². The normalized spacial score (nSPS) is 16.9. The summed E-state index contributed by atoms with van der Waals surface area (Å²) in [4.78, 5) is 11.0. The molecule has 2 aromatic carbocycles. The third kappa shape index (κ3) is 3.24. The highest BCUT2D eigenvalue weighted by Crippen LogP contribution is 2.32. The van der Waals surface area contributed by atoms with Crippen LogP contribution in [0.4, 0.5) is 11.4 Å². The molecule has 0 bridgehead atoms. The Morgan fingerprint density at radius 3 is 2.52 bits per heavy atom. The molecule has 0 aromatic heterocycles. The van der Waals surface area contributed by atoms with Crippen molar-refractivity contribution in [1.82, 2.24) is 0 Å². The lowest BCUT2D eigenvalue weighted by atomic mass is 9.87. The Bertz CT molecular complexity index is 634. The predicted molar refractivity (Wildman–Crippen MR) is 86.5 cm³/mol. The molecule has 1 atom stereocenters. The van der Waals surface area contributed by atoms with Crippen LogP contribution in [-0.4, -0.2) is 5.91 Å². The van der Waals surface area contributed by atoms with Crippen LogP contribution in [0.5, 0.6) is 0 Å². The molecule has 0 aliphatic heterocycles. The Kier molecular flexibility index (Phi) is 3.91. The van der Waals surface area contributed by atoms with Crippen molar-refractivity contribution in [2.75, 3.05) is 10.6 Å². The second kappa shape index (κ2) is 6.00. The number of amides is 1. The van der Waals surface area contributed by atoms with Crippen LogP contribution in [0.15, 0.2) is 48.5 Å². The van der Waals surface area contributed by atoms with E-state index < -0.39 is 0 Å². The molecule has 0 fully saturated rings. The van der Waals surface area contributed by atoms with E-state index in [9.17, 15) is 4.79 Å². The number of nitrogens with one attached hydrogen (secondary N) is 2. The molecule has 1 aliphatic rings. The van der Waals surface area contributed by atoms with E-state index in [4.69, 9.17) is 0 Å². The topological polar surface area (TPSA) is 41.1 Å². The maximum atomic E-state index is 11.0. The van der Waals surface area contributed by atoms with E-state index in [1.807, 2.05) is 24.3 Å². The molecule has 3 nitrogen and oxygen atoms in total. The first-order valence-corrected chi connectivity index (χ1v) is 7.44. The Morgan fingerprint density at radius 1 is 1.05 bits per heavy atom. The summed E-state index contributed by atoms with van der Waals surface area (Å²) in [7, 11) is 0. The van der Waals surface area contributed by atoms with Crippen LogP contribution in [-0.2, 0) is 11.2 Å². The lowest BCUT2D eigenvalue weighted by Gasteiger charge is -2.27. The third-order valence-corrected chi connectivity index (χ3v) is 3.92. The van der Waals surface area contributed by atoms with Gasteiger partial charge >= 0.3 is 0 Å². The molecule has 2 N–H and O–H groups in total. The van der Waals surface area contributed by atoms with Crippen LogP contribution in [0, 0.1) is 0 Å². The number of hydrogen-bond acceptors (Lipinski definition) is 2. The molecule has 108 valence electrons. The SMILES string of the molecule is CC(=O)Nc1ccc(NC2CCCc3ccccc32)cc1. The van der Waals surface area contributed by atoms with Gasteiger partial charge in [-0.3, -0.25) is 4.79 Å². The summed E-state index contributed by atoms with van der Waals surface area (Å²) in [5.41, 5.74) is 4.79. The molecule has 0 spiro atoms. The Labute approximate surface area is 125 Å². The average molecular weight is 280 g/mol. The Morgan fingerprint density at radius 2 is 1.76 bits per heavy atom. The monoisotopic (exact) mass is 280 g/mol. The first-order valence-electron chi connectivity index (χ1n) is 7.44. The zero-order valence-corrected chi connectivity index (χ0v) is 12.2. The van der Waals surface area contributed by atoms with Crippen molar-refractivity contribution < 1.29 is 4.79 Å². The molecule has 0 heterocycles. The van der Waals surface area contributed by atoms with Crippen LogP contribution < -0.4 is 10.6 Å². The molecule has 0 saturated heterocycles. The number of benzene rings is 2. The fourth-order valence-electron chi connectivity index (χ4n) is 2.96. The Hall–Kier alpha value is -2.29. The number of carbonyl (C=O) groups is 1. The summed E-state index contributed by atoms with van der Waals surface area (Å²) < 4.78 is 0. The molecular formula is C18H20N2O. The minimum absolute atomic E-state index is 0.0445. The molecule has 1 aliphatic carbocycles. The summed E-state index contributed by atoms with van der Waals surface area (Å²) in [6.45, 7) is 1.52. The molecule has 1 amide bonds. The van der Waals surface area contributed by atoms with Crippen molar-refractivity contribution in [3.05, 3.63) is 59.7 Å². The molecule has 3 heteroatoms. The molecule has 0 saturated carbocycles. The zero-order valence-electron chi connectivity index (χ0n) is 12.2. The smallest absolute Gasteiger partial charge is 0.221 e. The van der Waals surface area contributed by atoms with Crippen LogP contribution >= 0.6 is 0 Å². The van der Waals surface area contributed by atoms with E-state index in [-0.39, 0.29) is 5.91 Å². The molecule has 3 rings (SSSR count). The van der Waals surface area contributed by atoms with Crippen molar-refractivity contribution in [3.63, 3.8) is 0 Å². The van der Waals surface area contributed by atoms with Crippen molar-refractivity contribution in [2.45, 2.75) is 32.2 Å². The van der Waals surface area contributed by atoms with Crippen molar-refractivity contribution in [2.24, 2.45) is 0 Å². The van der Waals surface area contributed by atoms with Gasteiger partial charge in [0.15, 0.2) is 0 Å². The van der Waals surface area contributed by atoms with Gasteiger partial charge in [-0.05, 0) is 54.7 Å². The maximum absolute atomic E-state index is 11.0. The number of carbonyl (C=O) groups excluding carboxylic acids is 1. The van der Waals surface area contributed by atoms with Crippen LogP contribution in [0.3, 0.4) is 0 Å². The quantitative estimate of drug-likeness (QED) is 0.887. The van der Waals surface area contributed by atoms with E-state index in [1.165, 1.54) is 30.9 Å². The van der Waals surface area contributed by atoms with Crippen molar-refractivity contribution >= 4 is 17.3 Å². The van der Waals surface area contributed by atoms with Gasteiger partial charge in [0.1, 0.15) is 0 Å². The molecule has 21 heavy (non-hydrogen) atoms. The number of anilines is 2. The molecule has 2 aromatic rings. The number of hydrogen-bond donors (Lipinski definition) is 2. The van der Waals surface area contributed by atoms with Crippen molar-refractivity contribution in [1.29, 1.82) is 0 Å². The van der Waals surface area contributed by atoms with E-state index in [0.29, 0.717) is 6.04 Å². The standard InChI is InChI=1S/C18H20N2O/c1-13(21)19-15-9-11-16(12-10-15)20-18-8-4-6-14-5-2-3-7-17(14)18/h2-3,5,7,9-12,18,20H,4,6,8H2,1H3,(H,19,21). The van der Waals surface area contributed by atoms with E-state index in [2.05, 4.69) is 34.9 Å². The number of rotatable bonds is 3. The summed E-state index contributed by atoms with van der Waals surface area (Å²) in [6.07, 6.45) is 3.55. The van der Waals surface area contributed by atoms with Gasteiger partial charge in [0.25, 0.3) is 0 Å². The summed E-state index contributed by atoms with van der Waals surface area (Å²) in [5, 5.41) is 6.39. The van der Waals surface area contributed by atoms with Gasteiger partial charge in [-0.1, -0.05) is 24.3 Å². The maximum Gasteiger partial charge on any atom is 0.221 e. The highest BCUT2D eigenvalue weighted by molar-refractivity contribution is 5.88. The molecule has 1 unspecified atom stereocenters.